The number of nitrogens with zero attached hydrogens (tertiary/aromatic N) is 1. The highest BCUT2D eigenvalue weighted by molar-refractivity contribution is 5.98. The lowest BCUT2D eigenvalue weighted by atomic mass is 9.76. The molecule has 3 aromatic rings. The number of fused-ring (bicyclic) bond motifs is 3. The van der Waals surface area contributed by atoms with Crippen molar-refractivity contribution in [3.05, 3.63) is 99.6 Å². The summed E-state index contributed by atoms with van der Waals surface area (Å²) in [6, 6.07) is 19.4. The highest BCUT2D eigenvalue weighted by atomic mass is 16.4. The molecule has 5 heteroatoms. The molecule has 2 N–H and O–H groups in total. The van der Waals surface area contributed by atoms with E-state index in [1.54, 1.807) is 18.2 Å². The first kappa shape index (κ1) is 21.3. The molecule has 1 aliphatic heterocycles. The molecule has 2 aliphatic rings. The number of hydrogen-bond donors (Lipinski definition) is 2. The molecule has 168 valence electrons. The first-order valence-corrected chi connectivity index (χ1v) is 11.4. The van der Waals surface area contributed by atoms with Crippen LogP contribution in [0.25, 0.3) is 0 Å². The number of hydrogen-bond acceptors (Lipinski definition) is 3. The second kappa shape index (κ2) is 7.77. The summed E-state index contributed by atoms with van der Waals surface area (Å²) in [4.78, 5) is 27.3. The smallest absolute Gasteiger partial charge is 0.337 e. The van der Waals surface area contributed by atoms with Gasteiger partial charge in [0.1, 0.15) is 0 Å². The van der Waals surface area contributed by atoms with E-state index >= 15 is 0 Å². The standard InChI is InChI=1S/C28H28N2O3/c1-17-14-21(18(2)29-25-11-7-5-9-20(25)27(32)33)23-16-28(30(3)26(31)22(23)15-17)13-12-19-8-4-6-10-24(19)28/h4-11,14-15,18,29H,12-13,16H2,1-3H3,(H,32,33). The van der Waals surface area contributed by atoms with Crippen molar-refractivity contribution < 1.29 is 14.7 Å². The summed E-state index contributed by atoms with van der Waals surface area (Å²) in [7, 11) is 1.93. The number of carbonyl (C=O) groups excluding carboxylic acids is 1. The van der Waals surface area contributed by atoms with Crippen LogP contribution in [0.3, 0.4) is 0 Å². The maximum Gasteiger partial charge on any atom is 0.337 e. The number of likely N-dealkylation sites (N-methyl/N-ethyl adjacent to an activating group) is 1. The van der Waals surface area contributed by atoms with E-state index in [1.807, 2.05) is 37.9 Å². The van der Waals surface area contributed by atoms with Gasteiger partial charge in [0.2, 0.25) is 0 Å². The van der Waals surface area contributed by atoms with Crippen molar-refractivity contribution in [2.24, 2.45) is 0 Å². The number of aryl methyl sites for hydroxylation is 2. The number of para-hydroxylation sites is 1. The molecule has 0 saturated carbocycles. The molecule has 5 nitrogen and oxygen atoms in total. The van der Waals surface area contributed by atoms with Crippen molar-refractivity contribution in [3.8, 4) is 0 Å². The van der Waals surface area contributed by atoms with Gasteiger partial charge >= 0.3 is 5.97 Å². The van der Waals surface area contributed by atoms with Gasteiger partial charge in [0.25, 0.3) is 5.91 Å². The summed E-state index contributed by atoms with van der Waals surface area (Å²) < 4.78 is 0. The fraction of sp³-hybridized carbons (Fsp3) is 0.286. The molecule has 1 spiro atoms. The molecule has 0 bridgehead atoms. The Balaban J connectivity index is 1.60. The predicted molar refractivity (Wildman–Crippen MR) is 129 cm³/mol. The number of anilines is 1. The average molecular weight is 441 g/mol. The minimum absolute atomic E-state index is 0.0519. The van der Waals surface area contributed by atoms with Crippen LogP contribution in [0, 0.1) is 6.92 Å². The third kappa shape index (κ3) is 3.30. The zero-order valence-corrected chi connectivity index (χ0v) is 19.2. The predicted octanol–water partition coefficient (Wildman–Crippen LogP) is 5.34. The molecular weight excluding hydrogens is 412 g/mol. The molecule has 2 atom stereocenters. The third-order valence-corrected chi connectivity index (χ3v) is 7.40. The number of carboxylic acid groups (broad SMARTS) is 1. The molecule has 33 heavy (non-hydrogen) atoms. The minimum atomic E-state index is -0.963. The molecule has 0 saturated heterocycles. The van der Waals surface area contributed by atoms with Crippen molar-refractivity contribution in [2.45, 2.75) is 44.7 Å². The number of carboxylic acids is 1. The maximum absolute atomic E-state index is 13.6. The minimum Gasteiger partial charge on any atom is -0.478 e. The summed E-state index contributed by atoms with van der Waals surface area (Å²) in [5.41, 5.74) is 6.92. The Hall–Kier alpha value is -3.60. The van der Waals surface area contributed by atoms with Crippen molar-refractivity contribution in [3.63, 3.8) is 0 Å². The molecule has 2 unspecified atom stereocenters. The van der Waals surface area contributed by atoms with E-state index in [0.29, 0.717) is 5.69 Å². The largest absolute Gasteiger partial charge is 0.478 e. The summed E-state index contributed by atoms with van der Waals surface area (Å²) in [6.45, 7) is 4.04. The van der Waals surface area contributed by atoms with Gasteiger partial charge in [0.15, 0.2) is 0 Å². The van der Waals surface area contributed by atoms with Crippen LogP contribution in [-0.4, -0.2) is 28.9 Å². The second-order valence-corrected chi connectivity index (χ2v) is 9.33. The Kier molecular flexibility index (Phi) is 5.00. The SMILES string of the molecule is Cc1cc2c(c(C(C)Nc3ccccc3C(=O)O)c1)CC1(CCc3ccccc31)N(C)C2=O. The van der Waals surface area contributed by atoms with E-state index < -0.39 is 5.97 Å². The molecule has 0 fully saturated rings. The Morgan fingerprint density at radius 2 is 1.85 bits per heavy atom. The van der Waals surface area contributed by atoms with Gasteiger partial charge < -0.3 is 15.3 Å². The molecular formula is C28H28N2O3. The van der Waals surface area contributed by atoms with Gasteiger partial charge in [-0.05, 0) is 72.7 Å². The lowest BCUT2D eigenvalue weighted by Crippen LogP contribution is -2.51. The van der Waals surface area contributed by atoms with Crippen LogP contribution in [-0.2, 0) is 18.4 Å². The number of nitrogens with one attached hydrogen (secondary N) is 1. The molecule has 3 aromatic carbocycles. The quantitative estimate of drug-likeness (QED) is 0.575. The van der Waals surface area contributed by atoms with E-state index in [1.165, 1.54) is 11.1 Å². The van der Waals surface area contributed by atoms with E-state index in [4.69, 9.17) is 0 Å². The zero-order valence-electron chi connectivity index (χ0n) is 19.2. The van der Waals surface area contributed by atoms with Crippen LogP contribution in [0.4, 0.5) is 5.69 Å². The zero-order chi connectivity index (χ0) is 23.3. The highest BCUT2D eigenvalue weighted by Crippen LogP contribution is 2.48. The maximum atomic E-state index is 13.6. The lowest BCUT2D eigenvalue weighted by molar-refractivity contribution is 0.0503. The van der Waals surface area contributed by atoms with Crippen LogP contribution in [0.15, 0.2) is 60.7 Å². The first-order chi connectivity index (χ1) is 15.8. The number of carbonyl (C=O) groups is 2. The fourth-order valence-electron chi connectivity index (χ4n) is 5.71. The monoisotopic (exact) mass is 440 g/mol. The molecule has 0 radical (unpaired) electrons. The molecule has 5 rings (SSSR count). The lowest BCUT2D eigenvalue weighted by Gasteiger charge is -2.45. The van der Waals surface area contributed by atoms with Gasteiger partial charge in [0.05, 0.1) is 11.1 Å². The summed E-state index contributed by atoms with van der Waals surface area (Å²) in [5, 5.41) is 13.0. The van der Waals surface area contributed by atoms with Gasteiger partial charge in [0, 0.05) is 30.8 Å². The molecule has 0 aromatic heterocycles. The van der Waals surface area contributed by atoms with Gasteiger partial charge in [-0.25, -0.2) is 4.79 Å². The summed E-state index contributed by atoms with van der Waals surface area (Å²) in [6.07, 6.45) is 2.62. The molecule has 1 amide bonds. The van der Waals surface area contributed by atoms with E-state index in [0.717, 1.165) is 41.5 Å². The molecule has 1 aliphatic carbocycles. The van der Waals surface area contributed by atoms with Crippen molar-refractivity contribution in [1.82, 2.24) is 4.90 Å². The van der Waals surface area contributed by atoms with Gasteiger partial charge in [-0.3, -0.25) is 4.79 Å². The Morgan fingerprint density at radius 3 is 2.64 bits per heavy atom. The van der Waals surface area contributed by atoms with E-state index in [9.17, 15) is 14.7 Å². The van der Waals surface area contributed by atoms with Gasteiger partial charge in [-0.15, -0.1) is 0 Å². The second-order valence-electron chi connectivity index (χ2n) is 9.33. The third-order valence-electron chi connectivity index (χ3n) is 7.40. The van der Waals surface area contributed by atoms with E-state index in [2.05, 4.69) is 35.6 Å². The van der Waals surface area contributed by atoms with Gasteiger partial charge in [-0.1, -0.05) is 42.5 Å². The summed E-state index contributed by atoms with van der Waals surface area (Å²) >= 11 is 0. The number of benzene rings is 3. The van der Waals surface area contributed by atoms with E-state index in [-0.39, 0.29) is 23.1 Å². The Morgan fingerprint density at radius 1 is 1.12 bits per heavy atom. The normalized spacial score (nSPS) is 19.8. The Labute approximate surface area is 194 Å². The fourth-order valence-corrected chi connectivity index (χ4v) is 5.71. The van der Waals surface area contributed by atoms with Gasteiger partial charge in [-0.2, -0.15) is 0 Å². The van der Waals surface area contributed by atoms with Crippen LogP contribution in [0.1, 0.15) is 67.9 Å². The first-order valence-electron chi connectivity index (χ1n) is 11.4. The van der Waals surface area contributed by atoms with Crippen molar-refractivity contribution >= 4 is 17.6 Å². The molecule has 1 heterocycles. The van der Waals surface area contributed by atoms with Crippen molar-refractivity contribution in [2.75, 3.05) is 12.4 Å². The van der Waals surface area contributed by atoms with Crippen LogP contribution < -0.4 is 5.32 Å². The topological polar surface area (TPSA) is 69.6 Å². The van der Waals surface area contributed by atoms with Crippen LogP contribution in [0.5, 0.6) is 0 Å². The average Bonchev–Trinajstić information content (AvgIpc) is 3.17. The van der Waals surface area contributed by atoms with Crippen LogP contribution in [0.2, 0.25) is 0 Å². The summed E-state index contributed by atoms with van der Waals surface area (Å²) in [5.74, 6) is -0.911. The number of aromatic carboxylic acids is 1. The highest BCUT2D eigenvalue weighted by Gasteiger charge is 2.48. The number of rotatable bonds is 4. The Bertz CT molecular complexity index is 1280. The van der Waals surface area contributed by atoms with Crippen LogP contribution >= 0.6 is 0 Å². The number of amides is 1. The van der Waals surface area contributed by atoms with Crippen molar-refractivity contribution in [1.29, 1.82) is 0 Å².